The molecule has 9 nitrogen and oxygen atoms in total. The number of hydrogen-bond donors (Lipinski definition) is 1. The van der Waals surface area contributed by atoms with Crippen LogP contribution in [0.4, 0.5) is 31.1 Å². The Morgan fingerprint density at radius 3 is 2.09 bits per heavy atom. The number of pyridine rings is 1. The van der Waals surface area contributed by atoms with Crippen LogP contribution in [0, 0.1) is 0 Å². The molecule has 0 atom stereocenters. The summed E-state index contributed by atoms with van der Waals surface area (Å²) in [7, 11) is -13.4. The van der Waals surface area contributed by atoms with Crippen LogP contribution in [0.15, 0.2) is 55.4 Å². The van der Waals surface area contributed by atoms with Crippen LogP contribution in [-0.4, -0.2) is 40.6 Å². The number of benzene rings is 1. The molecule has 0 aliphatic carbocycles. The quantitative estimate of drug-likeness (QED) is 0.139. The van der Waals surface area contributed by atoms with Gasteiger partial charge in [-0.25, -0.2) is 26.2 Å². The van der Waals surface area contributed by atoms with Crippen molar-refractivity contribution in [2.24, 2.45) is 0 Å². The lowest BCUT2D eigenvalue weighted by molar-refractivity contribution is -0.698. The van der Waals surface area contributed by atoms with Gasteiger partial charge in [-0.15, -0.1) is 0 Å². The number of hydrogen-bond acceptors (Lipinski definition) is 6. The highest BCUT2D eigenvalue weighted by molar-refractivity contribution is 8.13. The molecule has 0 bridgehead atoms. The number of sulfonamides is 2. The van der Waals surface area contributed by atoms with Crippen molar-refractivity contribution in [3.05, 3.63) is 76.2 Å². The number of alkyl halides is 6. The molecule has 1 amide bonds. The average Bonchev–Trinajstić information content (AvgIpc) is 2.90. The Kier molecular flexibility index (Phi) is 14.5. The molecule has 1 aromatic heterocycles. The summed E-state index contributed by atoms with van der Waals surface area (Å²) in [4.78, 5) is 12.4. The molecule has 1 N–H and O–H groups in total. The molecule has 0 aliphatic rings. The van der Waals surface area contributed by atoms with E-state index in [1.165, 1.54) is 31.2 Å². The van der Waals surface area contributed by atoms with E-state index < -0.39 is 42.7 Å². The number of carbonyl (C=O) groups excluding carboxylic acids is 1. The van der Waals surface area contributed by atoms with Gasteiger partial charge in [0.25, 0.3) is 0 Å². The highest BCUT2D eigenvalue weighted by Crippen LogP contribution is 2.36. The van der Waals surface area contributed by atoms with E-state index in [-0.39, 0.29) is 0 Å². The van der Waals surface area contributed by atoms with E-state index in [0.29, 0.717) is 13.2 Å². The number of halogens is 6. The first-order valence-electron chi connectivity index (χ1n) is 13.6. The van der Waals surface area contributed by atoms with Crippen LogP contribution in [0.5, 0.6) is 0 Å². The molecule has 45 heavy (non-hydrogen) atoms. The Morgan fingerprint density at radius 1 is 0.956 bits per heavy atom. The number of nitrogens with one attached hydrogen (secondary N) is 1. The van der Waals surface area contributed by atoms with Crippen molar-refractivity contribution < 1.29 is 57.3 Å². The maximum Gasteiger partial charge on any atom is 0.480 e. The number of rotatable bonds is 13. The number of aryl methyl sites for hydroxylation is 1. The van der Waals surface area contributed by atoms with E-state index in [9.17, 15) is 48.0 Å². The second kappa shape index (κ2) is 16.4. The molecular weight excluding hydrogens is 652 g/mol. The molecule has 0 saturated heterocycles. The fraction of sp³-hybridized carbons (Fsp3) is 0.500. The number of allylic oxidation sites excluding steroid dienone is 1. The number of unbranched alkanes of at least 4 members (excludes halogenated alkanes) is 3. The van der Waals surface area contributed by atoms with Crippen molar-refractivity contribution >= 4 is 31.7 Å². The first-order valence-corrected chi connectivity index (χ1v) is 16.5. The predicted molar refractivity (Wildman–Crippen MR) is 156 cm³/mol. The van der Waals surface area contributed by atoms with Crippen molar-refractivity contribution in [1.29, 1.82) is 0 Å². The molecule has 0 spiro atoms. The van der Waals surface area contributed by atoms with Crippen molar-refractivity contribution in [2.45, 2.75) is 82.9 Å². The molecule has 2 aromatic rings. The Bertz CT molecular complexity index is 1470. The van der Waals surface area contributed by atoms with Gasteiger partial charge in [-0.1, -0.05) is 56.5 Å². The van der Waals surface area contributed by atoms with Gasteiger partial charge in [0.2, 0.25) is 0 Å². The first-order chi connectivity index (χ1) is 20.5. The molecule has 2 rings (SSSR count). The minimum atomic E-state index is -6.72. The number of aromatic nitrogens is 1. The smallest absolute Gasteiger partial charge is 0.443 e. The summed E-state index contributed by atoms with van der Waals surface area (Å²) in [6.07, 6.45) is 9.91. The Hall–Kier alpha value is -3.18. The fourth-order valence-corrected chi connectivity index (χ4v) is 5.32. The molecule has 0 radical (unpaired) electrons. The van der Waals surface area contributed by atoms with Gasteiger partial charge >= 0.3 is 17.1 Å². The van der Waals surface area contributed by atoms with E-state index in [0.717, 1.165) is 27.2 Å². The number of nitrogens with zero attached hydrogens (tertiary/aromatic N) is 2. The van der Waals surface area contributed by atoms with Crippen molar-refractivity contribution in [3.63, 3.8) is 0 Å². The van der Waals surface area contributed by atoms with Gasteiger partial charge in [-0.05, 0) is 56.9 Å². The highest BCUT2D eigenvalue weighted by Gasteiger charge is 2.47. The second-order valence-electron chi connectivity index (χ2n) is 10.4. The zero-order valence-corrected chi connectivity index (χ0v) is 26.8. The Balaban J connectivity index is 0.000000570. The Labute approximate surface area is 259 Å². The van der Waals surface area contributed by atoms with E-state index in [1.54, 1.807) is 0 Å². The summed E-state index contributed by atoms with van der Waals surface area (Å²) in [6, 6.07) is 12.3. The second-order valence-corrected chi connectivity index (χ2v) is 13.8. The highest BCUT2D eigenvalue weighted by atomic mass is 32.3. The van der Waals surface area contributed by atoms with E-state index >= 15 is 0 Å². The lowest BCUT2D eigenvalue weighted by Crippen LogP contribution is -2.43. The third-order valence-corrected chi connectivity index (χ3v) is 8.83. The zero-order valence-electron chi connectivity index (χ0n) is 25.2. The van der Waals surface area contributed by atoms with Crippen LogP contribution in [0.25, 0.3) is 9.70 Å². The van der Waals surface area contributed by atoms with Gasteiger partial charge in [-0.3, -0.25) is 0 Å². The summed E-state index contributed by atoms with van der Waals surface area (Å²) in [5.74, 6) is 0. The largest absolute Gasteiger partial charge is 0.480 e. The minimum absolute atomic E-state index is 0.331. The lowest BCUT2D eigenvalue weighted by Gasteiger charge is -2.27. The molecule has 17 heteroatoms. The Morgan fingerprint density at radius 2 is 1.56 bits per heavy atom. The van der Waals surface area contributed by atoms with Crippen molar-refractivity contribution in [2.75, 3.05) is 6.61 Å². The lowest BCUT2D eigenvalue weighted by atomic mass is 9.92. The monoisotopic (exact) mass is 689 g/mol. The third-order valence-electron chi connectivity index (χ3n) is 6.09. The van der Waals surface area contributed by atoms with E-state index in [4.69, 9.17) is 4.74 Å². The van der Waals surface area contributed by atoms with Crippen LogP contribution in [0.3, 0.4) is 0 Å². The van der Waals surface area contributed by atoms with Gasteiger partial charge < -0.3 is 14.2 Å². The topological polar surface area (TPSA) is 125 Å². The number of carbonyl (C=O) groups is 1. The number of alkyl carbamates (subject to hydrolysis) is 1. The SMILES string of the molecule is C=C(C)c1cccc(C(C)(C)NC(=O)OCC[n+]2cccc(CCCCCC)c2)c1.O=S(=O)([N-]S(=O)(=O)C(F)(F)F)C(F)(F)F. The molecule has 0 aliphatic heterocycles. The number of amides is 1. The fourth-order valence-electron chi connectivity index (χ4n) is 3.61. The summed E-state index contributed by atoms with van der Waals surface area (Å²) < 4.78 is 117. The van der Waals surface area contributed by atoms with Crippen LogP contribution in [0.1, 0.15) is 70.1 Å². The summed E-state index contributed by atoms with van der Waals surface area (Å²) >= 11 is 0. The van der Waals surface area contributed by atoms with Crippen LogP contribution in [-0.2, 0) is 43.3 Å². The summed E-state index contributed by atoms with van der Waals surface area (Å²) in [6.45, 7) is 13.1. The first kappa shape index (κ1) is 39.8. The third kappa shape index (κ3) is 13.4. The van der Waals surface area contributed by atoms with Gasteiger partial charge in [0.15, 0.2) is 45.6 Å². The molecule has 0 fully saturated rings. The van der Waals surface area contributed by atoms with Crippen LogP contribution < -0.4 is 9.88 Å². The van der Waals surface area contributed by atoms with Gasteiger partial charge in [0, 0.05) is 11.6 Å². The molecule has 0 unspecified atom stereocenters. The molecule has 1 heterocycles. The molecule has 1 aromatic carbocycles. The minimum Gasteiger partial charge on any atom is -0.443 e. The predicted octanol–water partition coefficient (Wildman–Crippen LogP) is 6.85. The van der Waals surface area contributed by atoms with Crippen molar-refractivity contribution in [3.8, 4) is 0 Å². The van der Waals surface area contributed by atoms with Gasteiger partial charge in [0.05, 0.1) is 5.54 Å². The maximum atomic E-state index is 12.4. The van der Waals surface area contributed by atoms with Crippen molar-refractivity contribution in [1.82, 2.24) is 5.32 Å². The zero-order chi connectivity index (χ0) is 34.7. The van der Waals surface area contributed by atoms with Crippen LogP contribution >= 0.6 is 0 Å². The van der Waals surface area contributed by atoms with E-state index in [1.807, 2.05) is 45.2 Å². The summed E-state index contributed by atoms with van der Waals surface area (Å²) in [5, 5.41) is 2.98. The molecular formula is C28H37F6N3O6S2. The maximum absolute atomic E-state index is 12.4. The molecule has 0 saturated carbocycles. The van der Waals surface area contributed by atoms with Gasteiger partial charge in [-0.2, -0.15) is 26.3 Å². The molecule has 254 valence electrons. The standard InChI is InChI=1S/C26H36N2O2.C2F6NO4S2/c1-6-7-8-9-12-22-13-11-16-28(20-22)17-18-30-25(29)27-26(4,5)24-15-10-14-23(19-24)21(2)3;3-1(4,5)14(10,11)9-15(12,13)2(6,7)8/h10-11,13-16,19-20H,2,6-9,12,17-18H2,1,3-5H3;/q;-1/p+1. The average molecular weight is 690 g/mol. The number of ether oxygens (including phenoxy) is 1. The van der Waals surface area contributed by atoms with Crippen LogP contribution in [0.2, 0.25) is 0 Å². The van der Waals surface area contributed by atoms with Gasteiger partial charge in [0.1, 0.15) is 0 Å². The normalized spacial score (nSPS) is 12.6. The summed E-state index contributed by atoms with van der Waals surface area (Å²) in [5.41, 5.74) is -8.52. The van der Waals surface area contributed by atoms with E-state index in [2.05, 4.69) is 47.8 Å².